The maximum Gasteiger partial charge on any atom is 0.302 e. The third-order valence-corrected chi connectivity index (χ3v) is 7.30. The molecular weight excluding hydrogens is 334 g/mol. The van der Waals surface area contributed by atoms with Crippen molar-refractivity contribution in [3.63, 3.8) is 0 Å². The summed E-state index contributed by atoms with van der Waals surface area (Å²) < 4.78 is 18.0. The van der Waals surface area contributed by atoms with E-state index in [1.807, 2.05) is 0 Å². The molecule has 0 aromatic rings. The van der Waals surface area contributed by atoms with Gasteiger partial charge >= 0.3 is 5.97 Å². The van der Waals surface area contributed by atoms with Gasteiger partial charge in [-0.1, -0.05) is 24.5 Å². The lowest BCUT2D eigenvalue weighted by Crippen LogP contribution is -2.66. The average molecular weight is 361 g/mol. The Labute approximate surface area is 154 Å². The van der Waals surface area contributed by atoms with E-state index in [1.54, 1.807) is 0 Å². The predicted molar refractivity (Wildman–Crippen MR) is 94.1 cm³/mol. The van der Waals surface area contributed by atoms with E-state index in [1.165, 1.54) is 12.5 Å². The molecule has 0 aromatic carbocycles. The zero-order valence-corrected chi connectivity index (χ0v) is 15.6. The monoisotopic (exact) mass is 361 g/mol. The number of nitrogens with one attached hydrogen (secondary N) is 1. The minimum atomic E-state index is -0.712. The highest BCUT2D eigenvalue weighted by Crippen LogP contribution is 2.71. The number of esters is 1. The Balaban J connectivity index is 1.80. The third-order valence-electron chi connectivity index (χ3n) is 7.30. The molecule has 7 atom stereocenters. The summed E-state index contributed by atoms with van der Waals surface area (Å²) in [6.07, 6.45) is 7.98. The molecule has 26 heavy (non-hydrogen) atoms. The zero-order chi connectivity index (χ0) is 18.7. The topological polar surface area (TPSA) is 80.3 Å². The van der Waals surface area contributed by atoms with Crippen LogP contribution in [0.4, 0.5) is 0 Å². The first-order valence-electron chi connectivity index (χ1n) is 9.27. The zero-order valence-electron chi connectivity index (χ0n) is 15.6. The van der Waals surface area contributed by atoms with E-state index in [2.05, 4.69) is 31.2 Å². The molecule has 2 N–H and O–H groups in total. The second-order valence-electron chi connectivity index (χ2n) is 8.36. The summed E-state index contributed by atoms with van der Waals surface area (Å²) in [5.41, 5.74) is -0.440. The summed E-state index contributed by atoms with van der Waals surface area (Å²) in [6.45, 7) is 6.68. The Morgan fingerprint density at radius 1 is 1.58 bits per heavy atom. The Morgan fingerprint density at radius 3 is 2.92 bits per heavy atom. The van der Waals surface area contributed by atoms with E-state index < -0.39 is 22.5 Å². The van der Waals surface area contributed by atoms with Crippen LogP contribution in [0.5, 0.6) is 0 Å². The number of epoxide rings is 1. The summed E-state index contributed by atoms with van der Waals surface area (Å²) in [6, 6.07) is -0.313. The van der Waals surface area contributed by atoms with Gasteiger partial charge in [-0.05, 0) is 19.8 Å². The van der Waals surface area contributed by atoms with Crippen molar-refractivity contribution in [2.45, 2.75) is 63.6 Å². The number of carbonyl (C=O) groups is 1. The largest absolute Gasteiger partial charge is 0.465 e. The standard InChI is InChI=1S/C20H27NO5/c1-5-8-21-15-16(23)18(4)19(10-24-13(3)22)7-6-12(2)9-14(19)26-17(15)20(18)11-25-20/h1,9,14-17,21,23H,6-8,10-11H2,2-4H3/t14?,15-,16-,17?,18?,19-,20?/m1/s1. The Morgan fingerprint density at radius 2 is 2.31 bits per heavy atom. The number of rotatable bonds is 4. The van der Waals surface area contributed by atoms with Gasteiger partial charge < -0.3 is 19.3 Å². The van der Waals surface area contributed by atoms with Gasteiger partial charge in [-0.2, -0.15) is 0 Å². The van der Waals surface area contributed by atoms with E-state index >= 15 is 0 Å². The van der Waals surface area contributed by atoms with Gasteiger partial charge in [0.1, 0.15) is 18.3 Å². The number of terminal acetylenes is 1. The van der Waals surface area contributed by atoms with Crippen LogP contribution in [0.2, 0.25) is 0 Å². The van der Waals surface area contributed by atoms with Crippen molar-refractivity contribution in [2.24, 2.45) is 10.8 Å². The van der Waals surface area contributed by atoms with Gasteiger partial charge in [-0.15, -0.1) is 6.42 Å². The van der Waals surface area contributed by atoms with E-state index in [4.69, 9.17) is 20.6 Å². The van der Waals surface area contributed by atoms with Crippen molar-refractivity contribution in [2.75, 3.05) is 19.8 Å². The van der Waals surface area contributed by atoms with Gasteiger partial charge in [0.2, 0.25) is 0 Å². The van der Waals surface area contributed by atoms with Crippen LogP contribution in [0.3, 0.4) is 0 Å². The van der Waals surface area contributed by atoms with Crippen LogP contribution in [0.15, 0.2) is 11.6 Å². The molecule has 2 aliphatic carbocycles. The molecule has 2 aliphatic heterocycles. The van der Waals surface area contributed by atoms with Crippen molar-refractivity contribution in [3.05, 3.63) is 11.6 Å². The summed E-state index contributed by atoms with van der Waals surface area (Å²) in [5.74, 6) is 2.25. The van der Waals surface area contributed by atoms with Crippen molar-refractivity contribution in [3.8, 4) is 12.3 Å². The molecule has 2 bridgehead atoms. The second kappa shape index (κ2) is 5.80. The number of hydrogen-bond donors (Lipinski definition) is 2. The minimum absolute atomic E-state index is 0.212. The number of ether oxygens (including phenoxy) is 3. The lowest BCUT2D eigenvalue weighted by molar-refractivity contribution is -0.230. The Hall–Kier alpha value is -1.39. The van der Waals surface area contributed by atoms with E-state index in [0.29, 0.717) is 13.2 Å². The lowest BCUT2D eigenvalue weighted by Gasteiger charge is -2.58. The number of aliphatic hydroxyl groups excluding tert-OH is 1. The molecule has 0 amide bonds. The van der Waals surface area contributed by atoms with E-state index in [-0.39, 0.29) is 30.8 Å². The molecule has 4 rings (SSSR count). The fourth-order valence-electron chi connectivity index (χ4n) is 5.69. The Kier molecular flexibility index (Phi) is 4.02. The number of carbonyl (C=O) groups excluding carboxylic acids is 1. The first-order valence-corrected chi connectivity index (χ1v) is 9.27. The molecule has 1 spiro atoms. The van der Waals surface area contributed by atoms with Crippen molar-refractivity contribution < 1.29 is 24.1 Å². The quantitative estimate of drug-likeness (QED) is 0.333. The van der Waals surface area contributed by atoms with E-state index in [0.717, 1.165) is 12.8 Å². The van der Waals surface area contributed by atoms with Gasteiger partial charge in [-0.25, -0.2) is 0 Å². The molecule has 0 aromatic heterocycles. The van der Waals surface area contributed by atoms with Gasteiger partial charge in [0, 0.05) is 17.8 Å². The van der Waals surface area contributed by atoms with Crippen LogP contribution in [-0.4, -0.2) is 60.8 Å². The number of allylic oxidation sites excluding steroid dienone is 1. The highest BCUT2D eigenvalue weighted by molar-refractivity contribution is 5.66. The lowest BCUT2D eigenvalue weighted by atomic mass is 9.51. The fraction of sp³-hybridized carbons (Fsp3) is 0.750. The van der Waals surface area contributed by atoms with E-state index in [9.17, 15) is 9.90 Å². The van der Waals surface area contributed by atoms with Crippen LogP contribution in [0.25, 0.3) is 0 Å². The minimum Gasteiger partial charge on any atom is -0.465 e. The molecule has 6 heteroatoms. The molecule has 2 heterocycles. The normalized spacial score (nSPS) is 48.5. The summed E-state index contributed by atoms with van der Waals surface area (Å²) in [4.78, 5) is 11.6. The fourth-order valence-corrected chi connectivity index (χ4v) is 5.69. The molecule has 4 aliphatic rings. The molecule has 2 saturated heterocycles. The first kappa shape index (κ1) is 18.0. The van der Waals surface area contributed by atoms with Crippen LogP contribution < -0.4 is 5.32 Å². The summed E-state index contributed by atoms with van der Waals surface area (Å²) >= 11 is 0. The smallest absolute Gasteiger partial charge is 0.302 e. The molecule has 142 valence electrons. The molecule has 6 nitrogen and oxygen atoms in total. The number of aliphatic hydroxyl groups is 1. The van der Waals surface area contributed by atoms with Crippen molar-refractivity contribution >= 4 is 5.97 Å². The van der Waals surface area contributed by atoms with Gasteiger partial charge in [0.25, 0.3) is 0 Å². The van der Waals surface area contributed by atoms with Crippen LogP contribution in [-0.2, 0) is 19.0 Å². The first-order chi connectivity index (χ1) is 12.3. The highest BCUT2D eigenvalue weighted by atomic mass is 16.6. The molecule has 3 fully saturated rings. The maximum atomic E-state index is 11.6. The van der Waals surface area contributed by atoms with Crippen molar-refractivity contribution in [1.29, 1.82) is 0 Å². The Bertz CT molecular complexity index is 693. The van der Waals surface area contributed by atoms with Crippen molar-refractivity contribution in [1.82, 2.24) is 5.32 Å². The molecule has 4 unspecified atom stereocenters. The SMILES string of the molecule is C#CCN[C@H]1C2OC3C=C(C)CC[C@]3(COC(C)=O)C(C)([C@@H]1O)C21CO1. The molecule has 1 saturated carbocycles. The molecular formula is C20H27NO5. The highest BCUT2D eigenvalue weighted by Gasteiger charge is 2.84. The predicted octanol–water partition coefficient (Wildman–Crippen LogP) is 0.785. The maximum absolute atomic E-state index is 11.6. The summed E-state index contributed by atoms with van der Waals surface area (Å²) in [5, 5.41) is 14.7. The molecule has 0 radical (unpaired) electrons. The second-order valence-corrected chi connectivity index (χ2v) is 8.36. The summed E-state index contributed by atoms with van der Waals surface area (Å²) in [7, 11) is 0. The van der Waals surface area contributed by atoms with Crippen LogP contribution in [0, 0.1) is 23.2 Å². The van der Waals surface area contributed by atoms with Gasteiger partial charge in [-0.3, -0.25) is 10.1 Å². The number of hydrogen-bond acceptors (Lipinski definition) is 6. The third kappa shape index (κ3) is 2.06. The average Bonchev–Trinajstić information content (AvgIpc) is 3.38. The van der Waals surface area contributed by atoms with Gasteiger partial charge in [0.05, 0.1) is 31.4 Å². The van der Waals surface area contributed by atoms with Gasteiger partial charge in [0.15, 0.2) is 0 Å². The van der Waals surface area contributed by atoms with Crippen LogP contribution >= 0.6 is 0 Å². The van der Waals surface area contributed by atoms with Crippen LogP contribution in [0.1, 0.15) is 33.6 Å². The number of fused-ring (bicyclic) bond motifs is 2.